The van der Waals surface area contributed by atoms with Crippen molar-refractivity contribution in [3.05, 3.63) is 23.4 Å². The fourth-order valence-corrected chi connectivity index (χ4v) is 3.20. The number of hydrogen-bond acceptors (Lipinski definition) is 3. The molecule has 0 amide bonds. The van der Waals surface area contributed by atoms with Gasteiger partial charge in [0.2, 0.25) is 0 Å². The maximum Gasteiger partial charge on any atom is 0.130 e. The number of nitrogens with one attached hydrogen (secondary N) is 1. The van der Waals surface area contributed by atoms with E-state index in [-0.39, 0.29) is 0 Å². The largest absolute Gasteiger partial charge is 0.356 e. The molecule has 3 nitrogen and oxygen atoms in total. The van der Waals surface area contributed by atoms with Gasteiger partial charge in [-0.05, 0) is 50.3 Å². The van der Waals surface area contributed by atoms with Gasteiger partial charge >= 0.3 is 0 Å². The first-order chi connectivity index (χ1) is 8.93. The van der Waals surface area contributed by atoms with E-state index in [9.17, 15) is 4.39 Å². The Hall–Kier alpha value is -1.16. The lowest BCUT2D eigenvalue weighted by Gasteiger charge is -2.22. The number of pyridine rings is 1. The molecule has 2 saturated heterocycles. The van der Waals surface area contributed by atoms with Gasteiger partial charge in [0.1, 0.15) is 11.5 Å². The quantitative estimate of drug-likeness (QED) is 0.887. The van der Waals surface area contributed by atoms with E-state index < -0.39 is 5.67 Å². The average molecular weight is 263 g/mol. The van der Waals surface area contributed by atoms with E-state index in [1.165, 1.54) is 0 Å². The van der Waals surface area contributed by atoms with E-state index in [0.717, 1.165) is 55.1 Å². The van der Waals surface area contributed by atoms with Crippen molar-refractivity contribution in [2.24, 2.45) is 11.8 Å². The minimum Gasteiger partial charge on any atom is -0.356 e. The molecule has 0 saturated carbocycles. The predicted octanol–water partition coefficient (Wildman–Crippen LogP) is 2.25. The van der Waals surface area contributed by atoms with Crippen LogP contribution in [0.5, 0.6) is 0 Å². The number of anilines is 1. The lowest BCUT2D eigenvalue weighted by Crippen LogP contribution is -2.26. The highest BCUT2D eigenvalue weighted by Gasteiger charge is 2.37. The third-order valence-electron chi connectivity index (χ3n) is 4.34. The van der Waals surface area contributed by atoms with Crippen molar-refractivity contribution >= 4 is 5.82 Å². The molecule has 0 bridgehead atoms. The molecule has 19 heavy (non-hydrogen) atoms. The van der Waals surface area contributed by atoms with Crippen LogP contribution in [-0.2, 0) is 5.67 Å². The Bertz CT molecular complexity index is 469. The van der Waals surface area contributed by atoms with Crippen LogP contribution in [0.4, 0.5) is 10.2 Å². The number of fused-ring (bicyclic) bond motifs is 1. The molecule has 1 aromatic rings. The molecule has 3 heterocycles. The van der Waals surface area contributed by atoms with E-state index >= 15 is 0 Å². The maximum absolute atomic E-state index is 14.1. The first kappa shape index (κ1) is 12.9. The second-order valence-electron chi connectivity index (χ2n) is 6.41. The molecule has 1 N–H and O–H groups in total. The smallest absolute Gasteiger partial charge is 0.130 e. The highest BCUT2D eigenvalue weighted by Crippen LogP contribution is 2.32. The van der Waals surface area contributed by atoms with Gasteiger partial charge in [0.25, 0.3) is 0 Å². The molecule has 0 aliphatic carbocycles. The van der Waals surface area contributed by atoms with Crippen LogP contribution < -0.4 is 10.2 Å². The van der Waals surface area contributed by atoms with Crippen LogP contribution >= 0.6 is 0 Å². The first-order valence-electron chi connectivity index (χ1n) is 7.07. The van der Waals surface area contributed by atoms with E-state index in [0.29, 0.717) is 0 Å². The summed E-state index contributed by atoms with van der Waals surface area (Å²) in [5, 5.41) is 3.44. The molecule has 0 aromatic carbocycles. The summed E-state index contributed by atoms with van der Waals surface area (Å²) in [5.41, 5.74) is 0.318. The second-order valence-corrected chi connectivity index (χ2v) is 6.41. The summed E-state index contributed by atoms with van der Waals surface area (Å²) < 4.78 is 14.1. The van der Waals surface area contributed by atoms with Crippen LogP contribution in [0, 0.1) is 18.8 Å². The number of halogens is 1. The highest BCUT2D eigenvalue weighted by atomic mass is 19.1. The molecule has 1 aromatic heterocycles. The van der Waals surface area contributed by atoms with Crippen LogP contribution in [0.15, 0.2) is 12.1 Å². The minimum absolute atomic E-state index is 0.726. The molecular weight excluding hydrogens is 241 g/mol. The Balaban J connectivity index is 1.87. The fourth-order valence-electron chi connectivity index (χ4n) is 3.20. The third kappa shape index (κ3) is 2.46. The first-order valence-corrected chi connectivity index (χ1v) is 7.07. The topological polar surface area (TPSA) is 28.2 Å². The summed E-state index contributed by atoms with van der Waals surface area (Å²) in [6.07, 6.45) is 0. The molecule has 4 heteroatoms. The van der Waals surface area contributed by atoms with Gasteiger partial charge < -0.3 is 10.2 Å². The molecule has 3 rings (SSSR count). The Morgan fingerprint density at radius 1 is 1.26 bits per heavy atom. The zero-order valence-corrected chi connectivity index (χ0v) is 11.9. The van der Waals surface area contributed by atoms with Gasteiger partial charge in [0, 0.05) is 31.9 Å². The van der Waals surface area contributed by atoms with Gasteiger partial charge in [-0.1, -0.05) is 0 Å². The van der Waals surface area contributed by atoms with Gasteiger partial charge in [-0.15, -0.1) is 0 Å². The fraction of sp³-hybridized carbons (Fsp3) is 0.667. The van der Waals surface area contributed by atoms with Gasteiger partial charge in [-0.2, -0.15) is 0 Å². The van der Waals surface area contributed by atoms with E-state index in [1.54, 1.807) is 13.8 Å². The van der Waals surface area contributed by atoms with Crippen molar-refractivity contribution in [3.63, 3.8) is 0 Å². The number of rotatable bonds is 2. The van der Waals surface area contributed by atoms with Crippen LogP contribution in [-0.4, -0.2) is 31.2 Å². The molecule has 0 unspecified atom stereocenters. The molecule has 2 aliphatic rings. The summed E-state index contributed by atoms with van der Waals surface area (Å²) in [7, 11) is 0. The summed E-state index contributed by atoms with van der Waals surface area (Å²) in [6, 6.07) is 3.77. The average Bonchev–Trinajstić information content (AvgIpc) is 2.86. The van der Waals surface area contributed by atoms with E-state index in [2.05, 4.69) is 15.2 Å². The van der Waals surface area contributed by atoms with Crippen LogP contribution in [0.3, 0.4) is 0 Å². The van der Waals surface area contributed by atoms with E-state index in [1.807, 2.05) is 19.1 Å². The Morgan fingerprint density at radius 2 is 1.89 bits per heavy atom. The number of nitrogens with zero attached hydrogens (tertiary/aromatic N) is 2. The van der Waals surface area contributed by atoms with Crippen molar-refractivity contribution < 1.29 is 4.39 Å². The lowest BCUT2D eigenvalue weighted by molar-refractivity contribution is 0.221. The minimum atomic E-state index is -1.31. The molecule has 0 radical (unpaired) electrons. The van der Waals surface area contributed by atoms with Crippen molar-refractivity contribution in [3.8, 4) is 0 Å². The molecule has 0 spiro atoms. The highest BCUT2D eigenvalue weighted by molar-refractivity contribution is 5.45. The zero-order chi connectivity index (χ0) is 13.6. The van der Waals surface area contributed by atoms with Crippen molar-refractivity contribution in [1.29, 1.82) is 0 Å². The number of hydrogen-bond donors (Lipinski definition) is 1. The Labute approximate surface area is 114 Å². The Kier molecular flexibility index (Phi) is 3.01. The Morgan fingerprint density at radius 3 is 2.47 bits per heavy atom. The summed E-state index contributed by atoms with van der Waals surface area (Å²) >= 11 is 0. The van der Waals surface area contributed by atoms with Crippen molar-refractivity contribution in [1.82, 2.24) is 10.3 Å². The number of alkyl halides is 1. The van der Waals surface area contributed by atoms with Gasteiger partial charge in [0.05, 0.1) is 0 Å². The van der Waals surface area contributed by atoms with Gasteiger partial charge in [-0.25, -0.2) is 9.37 Å². The summed E-state index contributed by atoms with van der Waals surface area (Å²) in [6.45, 7) is 9.45. The molecule has 2 atom stereocenters. The van der Waals surface area contributed by atoms with Gasteiger partial charge in [0.15, 0.2) is 0 Å². The standard InChI is InChI=1S/C15H22FN3/c1-10-4-13(15(2,3)16)5-14(18-10)19-8-11-6-17-7-12(11)9-19/h4-5,11-12,17H,6-9H2,1-3H3/t11-,12+. The van der Waals surface area contributed by atoms with Gasteiger partial charge in [-0.3, -0.25) is 0 Å². The van der Waals surface area contributed by atoms with Crippen LogP contribution in [0.1, 0.15) is 25.1 Å². The van der Waals surface area contributed by atoms with Crippen molar-refractivity contribution in [2.75, 3.05) is 31.1 Å². The zero-order valence-electron chi connectivity index (χ0n) is 11.9. The molecule has 2 aliphatic heterocycles. The van der Waals surface area contributed by atoms with Crippen LogP contribution in [0.25, 0.3) is 0 Å². The summed E-state index contributed by atoms with van der Waals surface area (Å²) in [4.78, 5) is 6.91. The van der Waals surface area contributed by atoms with E-state index in [4.69, 9.17) is 0 Å². The normalized spacial score (nSPS) is 26.8. The second kappa shape index (κ2) is 4.44. The van der Waals surface area contributed by atoms with Crippen molar-refractivity contribution in [2.45, 2.75) is 26.4 Å². The monoisotopic (exact) mass is 263 g/mol. The number of aryl methyl sites for hydroxylation is 1. The number of aromatic nitrogens is 1. The molecule has 2 fully saturated rings. The predicted molar refractivity (Wildman–Crippen MR) is 75.2 cm³/mol. The molecular formula is C15H22FN3. The van der Waals surface area contributed by atoms with Crippen LogP contribution in [0.2, 0.25) is 0 Å². The lowest BCUT2D eigenvalue weighted by atomic mass is 10.0. The SMILES string of the molecule is Cc1cc(C(C)(C)F)cc(N2C[C@H]3CNC[C@H]3C2)n1. The maximum atomic E-state index is 14.1. The summed E-state index contributed by atoms with van der Waals surface area (Å²) in [5.74, 6) is 2.39. The molecule has 104 valence electrons. The third-order valence-corrected chi connectivity index (χ3v) is 4.34.